The SMILES string of the molecule is C=CCNC(=O)c1cc2ccc(OC(=O)c3ccc(Cl)cc3)cc2oc1=O. The Balaban J connectivity index is 1.86. The normalized spacial score (nSPS) is 10.4. The molecule has 0 fully saturated rings. The summed E-state index contributed by atoms with van der Waals surface area (Å²) < 4.78 is 10.5. The van der Waals surface area contributed by atoms with Gasteiger partial charge in [-0.1, -0.05) is 17.7 Å². The second-order valence-electron chi connectivity index (χ2n) is 5.54. The highest BCUT2D eigenvalue weighted by Gasteiger charge is 2.14. The smallest absolute Gasteiger partial charge is 0.349 e. The summed E-state index contributed by atoms with van der Waals surface area (Å²) >= 11 is 5.79. The minimum absolute atomic E-state index is 0.116. The Morgan fingerprint density at radius 1 is 1.15 bits per heavy atom. The van der Waals surface area contributed by atoms with Crippen molar-refractivity contribution in [3.05, 3.63) is 87.8 Å². The molecule has 0 bridgehead atoms. The van der Waals surface area contributed by atoms with E-state index >= 15 is 0 Å². The highest BCUT2D eigenvalue weighted by Crippen LogP contribution is 2.22. The van der Waals surface area contributed by atoms with Gasteiger partial charge >= 0.3 is 11.6 Å². The molecule has 6 nitrogen and oxygen atoms in total. The number of amides is 1. The summed E-state index contributed by atoms with van der Waals surface area (Å²) in [6.45, 7) is 3.73. The number of hydrogen-bond donors (Lipinski definition) is 1. The Labute approximate surface area is 159 Å². The van der Waals surface area contributed by atoms with Crippen LogP contribution in [0.3, 0.4) is 0 Å². The van der Waals surface area contributed by atoms with Gasteiger partial charge in [-0.3, -0.25) is 4.79 Å². The van der Waals surface area contributed by atoms with E-state index in [1.807, 2.05) is 0 Å². The molecule has 0 aliphatic heterocycles. The molecule has 0 atom stereocenters. The molecule has 0 aliphatic rings. The highest BCUT2D eigenvalue weighted by molar-refractivity contribution is 6.30. The quantitative estimate of drug-likeness (QED) is 0.315. The van der Waals surface area contributed by atoms with Crippen LogP contribution in [-0.4, -0.2) is 18.4 Å². The summed E-state index contributed by atoms with van der Waals surface area (Å²) in [6, 6.07) is 12.2. The van der Waals surface area contributed by atoms with Crippen molar-refractivity contribution in [1.82, 2.24) is 5.32 Å². The Kier molecular flexibility index (Phi) is 5.38. The topological polar surface area (TPSA) is 85.6 Å². The van der Waals surface area contributed by atoms with Crippen LogP contribution in [0.15, 0.2) is 70.4 Å². The van der Waals surface area contributed by atoms with Gasteiger partial charge in [0.05, 0.1) is 5.56 Å². The number of carbonyl (C=O) groups is 2. The summed E-state index contributed by atoms with van der Waals surface area (Å²) in [5.41, 5.74) is -0.377. The number of hydrogen-bond acceptors (Lipinski definition) is 5. The second-order valence-corrected chi connectivity index (χ2v) is 5.98. The number of ether oxygens (including phenoxy) is 1. The van der Waals surface area contributed by atoms with Crippen molar-refractivity contribution in [1.29, 1.82) is 0 Å². The first-order chi connectivity index (χ1) is 13.0. The zero-order valence-electron chi connectivity index (χ0n) is 14.0. The van der Waals surface area contributed by atoms with Crippen LogP contribution in [0.25, 0.3) is 11.0 Å². The van der Waals surface area contributed by atoms with Crippen molar-refractivity contribution >= 4 is 34.4 Å². The Bertz CT molecular complexity index is 1090. The molecule has 0 unspecified atom stereocenters. The fraction of sp³-hybridized carbons (Fsp3) is 0.0500. The van der Waals surface area contributed by atoms with Crippen LogP contribution >= 0.6 is 11.6 Å². The van der Waals surface area contributed by atoms with Crippen LogP contribution in [0.1, 0.15) is 20.7 Å². The number of carbonyl (C=O) groups excluding carboxylic acids is 2. The van der Waals surface area contributed by atoms with Crippen molar-refractivity contribution in [2.45, 2.75) is 0 Å². The summed E-state index contributed by atoms with van der Waals surface area (Å²) in [5, 5.41) is 3.54. The molecule has 3 rings (SSSR count). The van der Waals surface area contributed by atoms with Gasteiger partial charge in [-0.2, -0.15) is 0 Å². The first kappa shape index (κ1) is 18.4. The van der Waals surface area contributed by atoms with E-state index in [4.69, 9.17) is 20.8 Å². The maximum absolute atomic E-state index is 12.2. The van der Waals surface area contributed by atoms with Crippen molar-refractivity contribution in [3.63, 3.8) is 0 Å². The standard InChI is InChI=1S/C20H14ClNO5/c1-2-9-22-18(23)16-10-13-5-8-15(11-17(13)27-20(16)25)26-19(24)12-3-6-14(21)7-4-12/h2-8,10-11H,1,9H2,(H,22,23). The Hall–Kier alpha value is -3.38. The molecule has 1 aromatic heterocycles. The number of nitrogens with one attached hydrogen (secondary N) is 1. The van der Waals surface area contributed by atoms with Crippen molar-refractivity contribution in [2.75, 3.05) is 6.54 Å². The lowest BCUT2D eigenvalue weighted by molar-refractivity contribution is 0.0734. The van der Waals surface area contributed by atoms with E-state index in [-0.39, 0.29) is 23.4 Å². The molecule has 1 heterocycles. The van der Waals surface area contributed by atoms with Crippen molar-refractivity contribution in [2.24, 2.45) is 0 Å². The van der Waals surface area contributed by atoms with Gasteiger partial charge in [0.15, 0.2) is 0 Å². The van der Waals surface area contributed by atoms with Crippen LogP contribution in [0.4, 0.5) is 0 Å². The lowest BCUT2D eigenvalue weighted by Gasteiger charge is -2.06. The third-order valence-corrected chi connectivity index (χ3v) is 3.90. The molecule has 0 radical (unpaired) electrons. The maximum Gasteiger partial charge on any atom is 0.349 e. The van der Waals surface area contributed by atoms with E-state index in [0.29, 0.717) is 16.0 Å². The minimum Gasteiger partial charge on any atom is -0.423 e. The number of rotatable bonds is 5. The van der Waals surface area contributed by atoms with Gasteiger partial charge in [0.25, 0.3) is 5.91 Å². The number of halogens is 1. The molecule has 0 saturated heterocycles. The monoisotopic (exact) mass is 383 g/mol. The molecule has 7 heteroatoms. The zero-order valence-corrected chi connectivity index (χ0v) is 14.8. The highest BCUT2D eigenvalue weighted by atomic mass is 35.5. The van der Waals surface area contributed by atoms with Gasteiger partial charge in [0.1, 0.15) is 16.9 Å². The van der Waals surface area contributed by atoms with E-state index in [9.17, 15) is 14.4 Å². The van der Waals surface area contributed by atoms with E-state index in [1.165, 1.54) is 18.2 Å². The number of esters is 1. The first-order valence-electron chi connectivity index (χ1n) is 7.92. The van der Waals surface area contributed by atoms with Gasteiger partial charge in [-0.05, 0) is 42.5 Å². The summed E-state index contributed by atoms with van der Waals surface area (Å²) in [7, 11) is 0. The molecule has 136 valence electrons. The fourth-order valence-electron chi connectivity index (χ4n) is 2.33. The average molecular weight is 384 g/mol. The van der Waals surface area contributed by atoms with Crippen molar-refractivity contribution < 1.29 is 18.7 Å². The molecule has 0 spiro atoms. The van der Waals surface area contributed by atoms with Gasteiger partial charge < -0.3 is 14.5 Å². The summed E-state index contributed by atoms with van der Waals surface area (Å²) in [4.78, 5) is 36.2. The third kappa shape index (κ3) is 4.24. The van der Waals surface area contributed by atoms with Gasteiger partial charge in [-0.15, -0.1) is 6.58 Å². The van der Waals surface area contributed by atoms with Gasteiger partial charge in [0.2, 0.25) is 0 Å². The van der Waals surface area contributed by atoms with Crippen molar-refractivity contribution in [3.8, 4) is 5.75 Å². The van der Waals surface area contributed by atoms with Crippen LogP contribution < -0.4 is 15.7 Å². The predicted molar refractivity (Wildman–Crippen MR) is 101 cm³/mol. The van der Waals surface area contributed by atoms with E-state index < -0.39 is 17.5 Å². The van der Waals surface area contributed by atoms with Crippen LogP contribution in [0, 0.1) is 0 Å². The molecular formula is C20H14ClNO5. The average Bonchev–Trinajstić information content (AvgIpc) is 2.66. The maximum atomic E-state index is 12.2. The molecule has 0 saturated carbocycles. The summed E-state index contributed by atoms with van der Waals surface area (Å²) in [6.07, 6.45) is 1.50. The molecule has 2 aromatic carbocycles. The Morgan fingerprint density at radius 2 is 1.89 bits per heavy atom. The first-order valence-corrected chi connectivity index (χ1v) is 8.30. The molecule has 1 amide bonds. The summed E-state index contributed by atoms with van der Waals surface area (Å²) in [5.74, 6) is -0.924. The van der Waals surface area contributed by atoms with Gasteiger partial charge in [-0.25, -0.2) is 9.59 Å². The fourth-order valence-corrected chi connectivity index (χ4v) is 2.45. The molecular weight excluding hydrogens is 370 g/mol. The molecule has 27 heavy (non-hydrogen) atoms. The third-order valence-electron chi connectivity index (χ3n) is 3.65. The van der Waals surface area contributed by atoms with Gasteiger partial charge in [0, 0.05) is 23.0 Å². The predicted octanol–water partition coefficient (Wildman–Crippen LogP) is 3.58. The van der Waals surface area contributed by atoms with Crippen LogP contribution in [-0.2, 0) is 0 Å². The lowest BCUT2D eigenvalue weighted by atomic mass is 10.1. The largest absolute Gasteiger partial charge is 0.423 e. The second kappa shape index (κ2) is 7.88. The minimum atomic E-state index is -0.787. The van der Waals surface area contributed by atoms with E-state index in [1.54, 1.807) is 36.4 Å². The van der Waals surface area contributed by atoms with Crippen LogP contribution in [0.5, 0.6) is 5.75 Å². The zero-order chi connectivity index (χ0) is 19.4. The lowest BCUT2D eigenvalue weighted by Crippen LogP contribution is -2.28. The number of fused-ring (bicyclic) bond motifs is 1. The van der Waals surface area contributed by atoms with E-state index in [0.717, 1.165) is 0 Å². The van der Waals surface area contributed by atoms with E-state index in [2.05, 4.69) is 11.9 Å². The number of benzene rings is 2. The van der Waals surface area contributed by atoms with Crippen LogP contribution in [0.2, 0.25) is 5.02 Å². The molecule has 0 aliphatic carbocycles. The molecule has 3 aromatic rings. The molecule has 1 N–H and O–H groups in total. The Morgan fingerprint density at radius 3 is 2.59 bits per heavy atom.